The van der Waals surface area contributed by atoms with Gasteiger partial charge in [0, 0.05) is 30.2 Å². The lowest BCUT2D eigenvalue weighted by Gasteiger charge is -2.15. The molecule has 0 fully saturated rings. The van der Waals surface area contributed by atoms with Gasteiger partial charge in [0.2, 0.25) is 0 Å². The third-order valence-electron chi connectivity index (χ3n) is 3.91. The van der Waals surface area contributed by atoms with Gasteiger partial charge in [-0.15, -0.1) is 0 Å². The van der Waals surface area contributed by atoms with Crippen molar-refractivity contribution in [1.29, 1.82) is 0 Å². The minimum Gasteiger partial charge on any atom is -0.381 e. The van der Waals surface area contributed by atoms with E-state index < -0.39 is 11.7 Å². The summed E-state index contributed by atoms with van der Waals surface area (Å²) in [5, 5.41) is 7.58. The molecule has 1 aromatic carbocycles. The highest BCUT2D eigenvalue weighted by molar-refractivity contribution is 6.30. The summed E-state index contributed by atoms with van der Waals surface area (Å²) in [5.74, 6) is 0.620. The molecule has 130 valence electrons. The van der Waals surface area contributed by atoms with Crippen molar-refractivity contribution < 1.29 is 17.9 Å². The molecule has 4 nitrogen and oxygen atoms in total. The molecule has 0 atom stereocenters. The van der Waals surface area contributed by atoms with Gasteiger partial charge in [0.15, 0.2) is 0 Å². The van der Waals surface area contributed by atoms with Crippen LogP contribution in [0.25, 0.3) is 5.69 Å². The number of rotatable bonds is 5. The second-order valence-corrected chi connectivity index (χ2v) is 5.91. The zero-order chi connectivity index (χ0) is 17.3. The van der Waals surface area contributed by atoms with Crippen molar-refractivity contribution in [2.24, 2.45) is 0 Å². The lowest BCUT2D eigenvalue weighted by atomic mass is 10.1. The number of ether oxygens (including phenoxy) is 1. The van der Waals surface area contributed by atoms with Crippen LogP contribution >= 0.6 is 11.6 Å². The highest BCUT2D eigenvalue weighted by Gasteiger charge is 2.36. The average molecular weight is 360 g/mol. The van der Waals surface area contributed by atoms with Crippen LogP contribution < -0.4 is 5.32 Å². The zero-order valence-corrected chi connectivity index (χ0v) is 13.8. The van der Waals surface area contributed by atoms with Gasteiger partial charge in [0.05, 0.1) is 23.6 Å². The van der Waals surface area contributed by atoms with Crippen LogP contribution in [0.1, 0.15) is 23.7 Å². The topological polar surface area (TPSA) is 39.1 Å². The summed E-state index contributed by atoms with van der Waals surface area (Å²) < 4.78 is 46.8. The molecule has 0 saturated carbocycles. The summed E-state index contributed by atoms with van der Waals surface area (Å²) in [7, 11) is 0. The number of halogens is 4. The molecule has 3 rings (SSSR count). The molecule has 1 N–H and O–H groups in total. The molecule has 0 bridgehead atoms. The first-order chi connectivity index (χ1) is 11.4. The SMILES string of the molecule is CCOCCc1nn(-c2ccc(Cl)cc2C(F)(F)F)c2c1CCN2. The molecule has 0 aliphatic carbocycles. The van der Waals surface area contributed by atoms with Gasteiger partial charge in [-0.3, -0.25) is 0 Å². The maximum absolute atomic E-state index is 13.4. The molecule has 1 aliphatic heterocycles. The molecule has 0 unspecified atom stereocenters. The highest BCUT2D eigenvalue weighted by atomic mass is 35.5. The first-order valence-electron chi connectivity index (χ1n) is 7.71. The van der Waals surface area contributed by atoms with Gasteiger partial charge >= 0.3 is 6.18 Å². The third kappa shape index (κ3) is 3.23. The standard InChI is InChI=1S/C16H17ClF3N3O/c1-2-24-8-6-13-11-5-7-21-15(11)23(22-13)14-4-3-10(17)9-12(14)16(18,19)20/h3-4,9,21H,2,5-8H2,1H3. The van der Waals surface area contributed by atoms with Crippen molar-refractivity contribution in [2.45, 2.75) is 25.9 Å². The number of alkyl halides is 3. The van der Waals surface area contributed by atoms with Crippen LogP contribution in [0.5, 0.6) is 0 Å². The van der Waals surface area contributed by atoms with E-state index in [4.69, 9.17) is 16.3 Å². The van der Waals surface area contributed by atoms with Crippen molar-refractivity contribution in [3.8, 4) is 5.69 Å². The lowest BCUT2D eigenvalue weighted by Crippen LogP contribution is -2.13. The van der Waals surface area contributed by atoms with Crippen molar-refractivity contribution in [3.05, 3.63) is 40.0 Å². The number of hydrogen-bond acceptors (Lipinski definition) is 3. The molecule has 0 radical (unpaired) electrons. The number of aromatic nitrogens is 2. The number of nitrogens with one attached hydrogen (secondary N) is 1. The number of fused-ring (bicyclic) bond motifs is 1. The molecule has 0 spiro atoms. The van der Waals surface area contributed by atoms with E-state index in [1.807, 2.05) is 6.92 Å². The van der Waals surface area contributed by atoms with Crippen molar-refractivity contribution in [1.82, 2.24) is 9.78 Å². The van der Waals surface area contributed by atoms with E-state index in [-0.39, 0.29) is 10.7 Å². The summed E-state index contributed by atoms with van der Waals surface area (Å²) in [6.45, 7) is 3.67. The second-order valence-electron chi connectivity index (χ2n) is 5.47. The average Bonchev–Trinajstić information content (AvgIpc) is 3.10. The van der Waals surface area contributed by atoms with E-state index in [0.717, 1.165) is 23.7 Å². The van der Waals surface area contributed by atoms with Crippen molar-refractivity contribution >= 4 is 17.4 Å². The molecular weight excluding hydrogens is 343 g/mol. The Morgan fingerprint density at radius 1 is 1.38 bits per heavy atom. The molecule has 0 saturated heterocycles. The van der Waals surface area contributed by atoms with Gasteiger partial charge in [-0.2, -0.15) is 18.3 Å². The molecule has 2 heterocycles. The predicted molar refractivity (Wildman–Crippen MR) is 86.0 cm³/mol. The van der Waals surface area contributed by atoms with Crippen LogP contribution in [0.4, 0.5) is 19.0 Å². The predicted octanol–water partition coefficient (Wildman–Crippen LogP) is 4.09. The fraction of sp³-hybridized carbons (Fsp3) is 0.438. The molecule has 1 aromatic heterocycles. The van der Waals surface area contributed by atoms with E-state index in [2.05, 4.69) is 10.4 Å². The van der Waals surface area contributed by atoms with Gasteiger partial charge in [-0.05, 0) is 31.5 Å². The van der Waals surface area contributed by atoms with E-state index in [1.54, 1.807) is 0 Å². The van der Waals surface area contributed by atoms with Crippen LogP contribution in [0.2, 0.25) is 5.02 Å². The Morgan fingerprint density at radius 3 is 2.88 bits per heavy atom. The molecule has 8 heteroatoms. The summed E-state index contributed by atoms with van der Waals surface area (Å²) in [6, 6.07) is 3.72. The van der Waals surface area contributed by atoms with Crippen LogP contribution in [-0.4, -0.2) is 29.5 Å². The zero-order valence-electron chi connectivity index (χ0n) is 13.1. The molecule has 1 aliphatic rings. The van der Waals surface area contributed by atoms with Crippen LogP contribution in [0, 0.1) is 0 Å². The summed E-state index contributed by atoms with van der Waals surface area (Å²) in [4.78, 5) is 0. The summed E-state index contributed by atoms with van der Waals surface area (Å²) in [6.07, 6.45) is -3.20. The fourth-order valence-corrected chi connectivity index (χ4v) is 3.03. The Bertz CT molecular complexity index is 743. The highest BCUT2D eigenvalue weighted by Crippen LogP contribution is 2.38. The van der Waals surface area contributed by atoms with E-state index in [9.17, 15) is 13.2 Å². The van der Waals surface area contributed by atoms with Gasteiger partial charge < -0.3 is 10.1 Å². The Morgan fingerprint density at radius 2 is 2.17 bits per heavy atom. The molecule has 2 aromatic rings. The minimum atomic E-state index is -4.51. The first kappa shape index (κ1) is 17.1. The summed E-state index contributed by atoms with van der Waals surface area (Å²) >= 11 is 5.76. The van der Waals surface area contributed by atoms with Crippen molar-refractivity contribution in [2.75, 3.05) is 25.1 Å². The maximum atomic E-state index is 13.4. The van der Waals surface area contributed by atoms with E-state index in [1.165, 1.54) is 16.8 Å². The maximum Gasteiger partial charge on any atom is 0.418 e. The smallest absolute Gasteiger partial charge is 0.381 e. The first-order valence-corrected chi connectivity index (χ1v) is 8.09. The molecule has 24 heavy (non-hydrogen) atoms. The molecule has 0 amide bonds. The molecular formula is C16H17ClF3N3O. The van der Waals surface area contributed by atoms with Gasteiger partial charge in [-0.25, -0.2) is 4.68 Å². The van der Waals surface area contributed by atoms with Crippen LogP contribution in [0.3, 0.4) is 0 Å². The van der Waals surface area contributed by atoms with Crippen LogP contribution in [-0.2, 0) is 23.8 Å². The Hall–Kier alpha value is -1.73. The van der Waals surface area contributed by atoms with Crippen molar-refractivity contribution in [3.63, 3.8) is 0 Å². The fourth-order valence-electron chi connectivity index (χ4n) is 2.85. The lowest BCUT2D eigenvalue weighted by molar-refractivity contribution is -0.137. The third-order valence-corrected chi connectivity index (χ3v) is 4.15. The monoisotopic (exact) mass is 359 g/mol. The number of hydrogen-bond donors (Lipinski definition) is 1. The number of nitrogens with zero attached hydrogens (tertiary/aromatic N) is 2. The van der Waals surface area contributed by atoms with Gasteiger partial charge in [0.25, 0.3) is 0 Å². The van der Waals surface area contributed by atoms with E-state index in [0.29, 0.717) is 32.0 Å². The second kappa shape index (κ2) is 6.64. The van der Waals surface area contributed by atoms with Gasteiger partial charge in [0.1, 0.15) is 5.82 Å². The summed E-state index contributed by atoms with van der Waals surface area (Å²) in [5.41, 5.74) is 0.898. The Balaban J connectivity index is 2.06. The number of benzene rings is 1. The minimum absolute atomic E-state index is 0.0276. The quantitative estimate of drug-likeness (QED) is 0.817. The van der Waals surface area contributed by atoms with Crippen LogP contribution in [0.15, 0.2) is 18.2 Å². The Labute approximate surface area is 142 Å². The normalized spacial score (nSPS) is 13.9. The number of anilines is 1. The van der Waals surface area contributed by atoms with E-state index >= 15 is 0 Å². The van der Waals surface area contributed by atoms with Gasteiger partial charge in [-0.1, -0.05) is 11.6 Å². The Kier molecular flexibility index (Phi) is 4.73. The largest absolute Gasteiger partial charge is 0.418 e.